The highest BCUT2D eigenvalue weighted by Gasteiger charge is 2.19. The second-order valence-corrected chi connectivity index (χ2v) is 6.47. The van der Waals surface area contributed by atoms with E-state index in [1.165, 1.54) is 10.9 Å². The summed E-state index contributed by atoms with van der Waals surface area (Å²) in [6, 6.07) is 10.7. The lowest BCUT2D eigenvalue weighted by Gasteiger charge is -2.21. The average molecular weight is 365 g/mol. The Labute approximate surface area is 147 Å². The quantitative estimate of drug-likeness (QED) is 0.613. The molecule has 0 aliphatic carbocycles. The first-order valence-corrected chi connectivity index (χ1v) is 8.53. The molecule has 1 atom stereocenters. The van der Waals surface area contributed by atoms with Gasteiger partial charge in [0.15, 0.2) is 0 Å². The molecule has 1 unspecified atom stereocenters. The number of halogens is 2. The van der Waals surface area contributed by atoms with Gasteiger partial charge in [0, 0.05) is 10.9 Å². The van der Waals surface area contributed by atoms with Crippen LogP contribution in [0.1, 0.15) is 23.7 Å². The van der Waals surface area contributed by atoms with Crippen LogP contribution in [0.2, 0.25) is 0 Å². The number of alkyl halides is 2. The third-order valence-corrected chi connectivity index (χ3v) is 4.86. The highest BCUT2D eigenvalue weighted by Crippen LogP contribution is 2.29. The van der Waals surface area contributed by atoms with Crippen molar-refractivity contribution in [3.05, 3.63) is 52.5 Å². The minimum atomic E-state index is -2.91. The maximum Gasteiger partial charge on any atom is 0.387 e. The van der Waals surface area contributed by atoms with Gasteiger partial charge in [0.2, 0.25) is 11.7 Å². The molecule has 2 heterocycles. The number of para-hydroxylation sites is 1. The summed E-state index contributed by atoms with van der Waals surface area (Å²) >= 11 is 1.68. The first-order chi connectivity index (χ1) is 12.0. The van der Waals surface area contributed by atoms with Crippen LogP contribution in [0.25, 0.3) is 11.4 Å². The van der Waals surface area contributed by atoms with Crippen LogP contribution < -0.4 is 4.74 Å². The van der Waals surface area contributed by atoms with Gasteiger partial charge in [0.25, 0.3) is 0 Å². The van der Waals surface area contributed by atoms with Crippen LogP contribution in [0.15, 0.2) is 46.3 Å². The molecular weight excluding hydrogens is 348 g/mol. The number of thiophene rings is 1. The Hall–Kier alpha value is -2.32. The predicted octanol–water partition coefficient (Wildman–Crippen LogP) is 4.59. The van der Waals surface area contributed by atoms with Crippen LogP contribution in [0, 0.1) is 0 Å². The summed E-state index contributed by atoms with van der Waals surface area (Å²) in [4.78, 5) is 7.62. The van der Waals surface area contributed by atoms with Gasteiger partial charge in [0.05, 0.1) is 12.1 Å². The molecule has 3 rings (SSSR count). The maximum atomic E-state index is 12.5. The molecule has 0 spiro atoms. The maximum absolute atomic E-state index is 12.5. The predicted molar refractivity (Wildman–Crippen MR) is 90.6 cm³/mol. The zero-order valence-corrected chi connectivity index (χ0v) is 14.5. The Morgan fingerprint density at radius 1 is 1.24 bits per heavy atom. The molecule has 0 fully saturated rings. The lowest BCUT2D eigenvalue weighted by molar-refractivity contribution is -0.0494. The van der Waals surface area contributed by atoms with Crippen LogP contribution in [0.4, 0.5) is 8.78 Å². The second-order valence-electron chi connectivity index (χ2n) is 5.49. The summed E-state index contributed by atoms with van der Waals surface area (Å²) in [7, 11) is 1.96. The van der Waals surface area contributed by atoms with E-state index in [0.717, 1.165) is 0 Å². The van der Waals surface area contributed by atoms with Crippen LogP contribution in [-0.2, 0) is 6.54 Å². The molecule has 0 bridgehead atoms. The summed E-state index contributed by atoms with van der Waals surface area (Å²) < 4.78 is 34.8. The van der Waals surface area contributed by atoms with E-state index in [1.807, 2.05) is 18.5 Å². The number of hydrogen-bond donors (Lipinski definition) is 0. The third kappa shape index (κ3) is 4.21. The minimum Gasteiger partial charge on any atom is -0.434 e. The molecule has 0 aliphatic rings. The molecule has 0 saturated heterocycles. The molecule has 3 aromatic rings. The molecule has 1 aromatic carbocycles. The Morgan fingerprint density at radius 3 is 2.76 bits per heavy atom. The van der Waals surface area contributed by atoms with Gasteiger partial charge < -0.3 is 9.26 Å². The van der Waals surface area contributed by atoms with Gasteiger partial charge in [-0.05, 0) is 37.6 Å². The van der Waals surface area contributed by atoms with E-state index >= 15 is 0 Å². The number of rotatable bonds is 7. The van der Waals surface area contributed by atoms with Crippen molar-refractivity contribution < 1.29 is 18.0 Å². The number of aromatic nitrogens is 2. The number of ether oxygens (including phenoxy) is 1. The minimum absolute atomic E-state index is 0.0187. The van der Waals surface area contributed by atoms with E-state index in [0.29, 0.717) is 18.0 Å². The summed E-state index contributed by atoms with van der Waals surface area (Å²) in [5.41, 5.74) is 0.367. The largest absolute Gasteiger partial charge is 0.434 e. The zero-order chi connectivity index (χ0) is 17.8. The van der Waals surface area contributed by atoms with Gasteiger partial charge in [-0.3, -0.25) is 4.90 Å². The lowest BCUT2D eigenvalue weighted by Crippen LogP contribution is -2.21. The van der Waals surface area contributed by atoms with Crippen molar-refractivity contribution in [1.82, 2.24) is 15.0 Å². The molecule has 0 aliphatic heterocycles. The molecule has 0 N–H and O–H groups in total. The van der Waals surface area contributed by atoms with Gasteiger partial charge >= 0.3 is 6.61 Å². The highest BCUT2D eigenvalue weighted by molar-refractivity contribution is 7.10. The molecule has 0 radical (unpaired) electrons. The summed E-state index contributed by atoms with van der Waals surface area (Å²) in [5, 5.41) is 5.93. The number of benzene rings is 1. The van der Waals surface area contributed by atoms with Crippen molar-refractivity contribution in [2.45, 2.75) is 26.1 Å². The highest BCUT2D eigenvalue weighted by atomic mass is 32.1. The van der Waals surface area contributed by atoms with Crippen molar-refractivity contribution in [3.63, 3.8) is 0 Å². The van der Waals surface area contributed by atoms with Crippen molar-refractivity contribution >= 4 is 11.3 Å². The van der Waals surface area contributed by atoms with Gasteiger partial charge in [-0.2, -0.15) is 13.8 Å². The zero-order valence-electron chi connectivity index (χ0n) is 13.7. The van der Waals surface area contributed by atoms with Crippen LogP contribution in [0.5, 0.6) is 5.75 Å². The molecule has 25 heavy (non-hydrogen) atoms. The second kappa shape index (κ2) is 7.71. The normalized spacial score (nSPS) is 12.7. The average Bonchev–Trinajstić information content (AvgIpc) is 3.25. The standard InChI is InChI=1S/C17H17F2N3O2S/c1-11(14-8-5-9-25-14)22(2)10-15-20-16(21-24-15)12-6-3-4-7-13(12)23-17(18)19/h3-9,11,17H,10H2,1-2H3. The topological polar surface area (TPSA) is 51.4 Å². The fraction of sp³-hybridized carbons (Fsp3) is 0.294. The number of nitrogens with zero attached hydrogens (tertiary/aromatic N) is 3. The molecule has 0 amide bonds. The van der Waals surface area contributed by atoms with Gasteiger partial charge in [-0.15, -0.1) is 11.3 Å². The van der Waals surface area contributed by atoms with Crippen molar-refractivity contribution in [2.24, 2.45) is 0 Å². The smallest absolute Gasteiger partial charge is 0.387 e. The SMILES string of the molecule is CC(c1cccs1)N(C)Cc1nc(-c2ccccc2OC(F)F)no1. The Balaban J connectivity index is 1.75. The van der Waals surface area contributed by atoms with Crippen molar-refractivity contribution in [1.29, 1.82) is 0 Å². The van der Waals surface area contributed by atoms with E-state index < -0.39 is 6.61 Å². The summed E-state index contributed by atoms with van der Waals surface area (Å²) in [6.45, 7) is -0.371. The fourth-order valence-electron chi connectivity index (χ4n) is 2.38. The van der Waals surface area contributed by atoms with Gasteiger partial charge in [-0.1, -0.05) is 23.4 Å². The molecule has 8 heteroatoms. The summed E-state index contributed by atoms with van der Waals surface area (Å²) in [6.07, 6.45) is 0. The van der Waals surface area contributed by atoms with Crippen LogP contribution in [-0.4, -0.2) is 28.7 Å². The van der Waals surface area contributed by atoms with Crippen molar-refractivity contribution in [2.75, 3.05) is 7.05 Å². The van der Waals surface area contributed by atoms with Gasteiger partial charge in [-0.25, -0.2) is 0 Å². The Morgan fingerprint density at radius 2 is 2.04 bits per heavy atom. The van der Waals surface area contributed by atoms with E-state index in [9.17, 15) is 8.78 Å². The van der Waals surface area contributed by atoms with Gasteiger partial charge in [0.1, 0.15) is 5.75 Å². The first-order valence-electron chi connectivity index (χ1n) is 7.65. The summed E-state index contributed by atoms with van der Waals surface area (Å²) in [5.74, 6) is 0.654. The molecular formula is C17H17F2N3O2S. The van der Waals surface area contributed by atoms with Crippen LogP contribution >= 0.6 is 11.3 Å². The van der Waals surface area contributed by atoms with Crippen molar-refractivity contribution in [3.8, 4) is 17.1 Å². The van der Waals surface area contributed by atoms with E-state index in [4.69, 9.17) is 4.52 Å². The van der Waals surface area contributed by atoms with E-state index in [2.05, 4.69) is 32.8 Å². The molecule has 5 nitrogen and oxygen atoms in total. The monoisotopic (exact) mass is 365 g/mol. The Bertz CT molecular complexity index is 808. The fourth-order valence-corrected chi connectivity index (χ4v) is 3.22. The molecule has 132 valence electrons. The molecule has 2 aromatic heterocycles. The molecule has 0 saturated carbocycles. The lowest BCUT2D eigenvalue weighted by atomic mass is 10.2. The van der Waals surface area contributed by atoms with E-state index in [-0.39, 0.29) is 17.6 Å². The first kappa shape index (κ1) is 17.5. The van der Waals surface area contributed by atoms with E-state index in [1.54, 1.807) is 29.5 Å². The number of hydrogen-bond acceptors (Lipinski definition) is 6. The Kier molecular flexibility index (Phi) is 5.40. The third-order valence-electron chi connectivity index (χ3n) is 3.81. The van der Waals surface area contributed by atoms with Crippen LogP contribution in [0.3, 0.4) is 0 Å².